The van der Waals surface area contributed by atoms with Crippen LogP contribution in [0.4, 0.5) is 0 Å². The van der Waals surface area contributed by atoms with Crippen LogP contribution in [0.15, 0.2) is 24.3 Å². The summed E-state index contributed by atoms with van der Waals surface area (Å²) in [6.07, 6.45) is 15.2. The molecule has 0 bridgehead atoms. The van der Waals surface area contributed by atoms with Crippen LogP contribution >= 0.6 is 0 Å². The largest absolute Gasteiger partial charge is 0.497 e. The molecule has 1 aromatic rings. The van der Waals surface area contributed by atoms with Crippen molar-refractivity contribution in [3.05, 3.63) is 29.8 Å². The number of methoxy groups -OCH3 is 1. The van der Waals surface area contributed by atoms with E-state index in [4.69, 9.17) is 9.47 Å². The maximum Gasteiger partial charge on any atom is 0.328 e. The first-order chi connectivity index (χ1) is 14.6. The lowest BCUT2D eigenvalue weighted by atomic mass is 10.1. The molecule has 30 heavy (non-hydrogen) atoms. The summed E-state index contributed by atoms with van der Waals surface area (Å²) >= 11 is 0. The van der Waals surface area contributed by atoms with Crippen LogP contribution in [0.1, 0.15) is 101 Å². The molecule has 0 aliphatic carbocycles. The average Bonchev–Trinajstić information content (AvgIpc) is 2.76. The van der Waals surface area contributed by atoms with E-state index in [1.165, 1.54) is 64.2 Å². The van der Waals surface area contributed by atoms with Crippen LogP contribution in [0.5, 0.6) is 5.75 Å². The highest BCUT2D eigenvalue weighted by Gasteiger charge is 2.18. The second-order valence-corrected chi connectivity index (χ2v) is 7.98. The predicted molar refractivity (Wildman–Crippen MR) is 122 cm³/mol. The van der Waals surface area contributed by atoms with Crippen LogP contribution < -0.4 is 10.1 Å². The third-order valence-corrected chi connectivity index (χ3v) is 5.28. The third kappa shape index (κ3) is 11.8. The molecule has 5 nitrogen and oxygen atoms in total. The topological polar surface area (TPSA) is 64.6 Å². The summed E-state index contributed by atoms with van der Waals surface area (Å²) < 4.78 is 10.4. The van der Waals surface area contributed by atoms with E-state index in [1.54, 1.807) is 38.3 Å². The Kier molecular flexibility index (Phi) is 14.5. The van der Waals surface area contributed by atoms with Crippen molar-refractivity contribution >= 4 is 11.9 Å². The fourth-order valence-electron chi connectivity index (χ4n) is 3.34. The first-order valence-corrected chi connectivity index (χ1v) is 11.7. The molecular weight excluding hydrogens is 378 g/mol. The lowest BCUT2D eigenvalue weighted by molar-refractivity contribution is -0.145. The molecule has 0 fully saturated rings. The maximum absolute atomic E-state index is 12.2. The maximum atomic E-state index is 12.2. The Labute approximate surface area is 182 Å². The molecule has 0 spiro atoms. The Morgan fingerprint density at radius 1 is 0.900 bits per heavy atom. The summed E-state index contributed by atoms with van der Waals surface area (Å²) in [7, 11) is 1.55. The highest BCUT2D eigenvalue weighted by molar-refractivity contribution is 5.97. The van der Waals surface area contributed by atoms with Crippen LogP contribution in [-0.4, -0.2) is 31.6 Å². The van der Waals surface area contributed by atoms with Crippen molar-refractivity contribution in [1.29, 1.82) is 0 Å². The highest BCUT2D eigenvalue weighted by Crippen LogP contribution is 2.13. The van der Waals surface area contributed by atoms with Crippen molar-refractivity contribution < 1.29 is 19.1 Å². The van der Waals surface area contributed by atoms with Crippen LogP contribution in [0.2, 0.25) is 0 Å². The molecule has 0 saturated heterocycles. The first kappa shape index (κ1) is 26.0. The van der Waals surface area contributed by atoms with Crippen molar-refractivity contribution in [3.63, 3.8) is 0 Å². The normalized spacial score (nSPS) is 11.7. The Balaban J connectivity index is 2.03. The molecule has 170 valence electrons. The minimum Gasteiger partial charge on any atom is -0.497 e. The number of amides is 1. The average molecular weight is 420 g/mol. The Morgan fingerprint density at radius 2 is 1.47 bits per heavy atom. The molecule has 1 aromatic carbocycles. The zero-order valence-corrected chi connectivity index (χ0v) is 19.2. The zero-order chi connectivity index (χ0) is 22.0. The van der Waals surface area contributed by atoms with Gasteiger partial charge in [0.15, 0.2) is 0 Å². The summed E-state index contributed by atoms with van der Waals surface area (Å²) in [5.41, 5.74) is 0.454. The number of unbranched alkanes of at least 4 members (excludes halogenated alkanes) is 11. The number of benzene rings is 1. The standard InChI is InChI=1S/C25H41NO4/c1-4-5-6-7-8-9-10-11-12-13-14-15-19-30-25(28)21(2)26-24(27)22-17-16-18-23(20-22)29-3/h16-18,20-21H,4-15,19H2,1-3H3,(H,26,27). The number of rotatable bonds is 17. The van der Waals surface area contributed by atoms with E-state index < -0.39 is 12.0 Å². The summed E-state index contributed by atoms with van der Waals surface area (Å²) in [5, 5.41) is 2.67. The van der Waals surface area contributed by atoms with Crippen molar-refractivity contribution in [2.24, 2.45) is 0 Å². The Hall–Kier alpha value is -2.04. The van der Waals surface area contributed by atoms with Crippen molar-refractivity contribution in [2.75, 3.05) is 13.7 Å². The van der Waals surface area contributed by atoms with Gasteiger partial charge in [0.25, 0.3) is 5.91 Å². The van der Waals surface area contributed by atoms with Crippen LogP contribution in [0.3, 0.4) is 0 Å². The second-order valence-electron chi connectivity index (χ2n) is 7.98. The Morgan fingerprint density at radius 3 is 2.03 bits per heavy atom. The minimum atomic E-state index is -0.680. The first-order valence-electron chi connectivity index (χ1n) is 11.7. The molecule has 1 unspecified atom stereocenters. The Bertz CT molecular complexity index is 603. The van der Waals surface area contributed by atoms with Gasteiger partial charge in [-0.25, -0.2) is 4.79 Å². The summed E-state index contributed by atoms with van der Waals surface area (Å²) in [5.74, 6) is -0.108. The van der Waals surface area contributed by atoms with Gasteiger partial charge in [0.05, 0.1) is 13.7 Å². The van der Waals surface area contributed by atoms with Gasteiger partial charge in [-0.15, -0.1) is 0 Å². The van der Waals surface area contributed by atoms with Gasteiger partial charge in [0.2, 0.25) is 0 Å². The monoisotopic (exact) mass is 419 g/mol. The molecule has 0 saturated carbocycles. The second kappa shape index (κ2) is 16.7. The molecule has 1 atom stereocenters. The van der Waals surface area contributed by atoms with Gasteiger partial charge in [-0.1, -0.05) is 83.6 Å². The number of nitrogens with one attached hydrogen (secondary N) is 1. The molecular formula is C25H41NO4. The van der Waals surface area contributed by atoms with E-state index in [2.05, 4.69) is 12.2 Å². The summed E-state index contributed by atoms with van der Waals surface area (Å²) in [6.45, 7) is 4.31. The van der Waals surface area contributed by atoms with Gasteiger partial charge < -0.3 is 14.8 Å². The number of ether oxygens (including phenoxy) is 2. The number of hydrogen-bond donors (Lipinski definition) is 1. The number of esters is 1. The van der Waals surface area contributed by atoms with Gasteiger partial charge in [-0.05, 0) is 31.5 Å². The molecule has 1 N–H and O–H groups in total. The molecule has 0 radical (unpaired) electrons. The van der Waals surface area contributed by atoms with E-state index in [9.17, 15) is 9.59 Å². The van der Waals surface area contributed by atoms with Crippen molar-refractivity contribution in [3.8, 4) is 5.75 Å². The lowest BCUT2D eigenvalue weighted by Gasteiger charge is -2.14. The molecule has 0 heterocycles. The van der Waals surface area contributed by atoms with Crippen LogP contribution in [0, 0.1) is 0 Å². The van der Waals surface area contributed by atoms with E-state index in [0.29, 0.717) is 17.9 Å². The molecule has 1 rings (SSSR count). The van der Waals surface area contributed by atoms with Crippen molar-refractivity contribution in [2.45, 2.75) is 96.9 Å². The number of hydrogen-bond acceptors (Lipinski definition) is 4. The zero-order valence-electron chi connectivity index (χ0n) is 19.2. The summed E-state index contributed by atoms with van der Waals surface area (Å²) in [4.78, 5) is 24.3. The van der Waals surface area contributed by atoms with Crippen LogP contribution in [0.25, 0.3) is 0 Å². The fraction of sp³-hybridized carbons (Fsp3) is 0.680. The smallest absolute Gasteiger partial charge is 0.328 e. The quantitative estimate of drug-likeness (QED) is 0.246. The summed E-state index contributed by atoms with van der Waals surface area (Å²) in [6, 6.07) is 6.15. The van der Waals surface area contributed by atoms with Crippen molar-refractivity contribution in [1.82, 2.24) is 5.32 Å². The SMILES string of the molecule is CCCCCCCCCCCCCCOC(=O)C(C)NC(=O)c1cccc(OC)c1. The number of carbonyl (C=O) groups is 2. The fourth-order valence-corrected chi connectivity index (χ4v) is 3.34. The minimum absolute atomic E-state index is 0.316. The third-order valence-electron chi connectivity index (χ3n) is 5.28. The van der Waals surface area contributed by atoms with Gasteiger partial charge in [-0.3, -0.25) is 4.79 Å². The van der Waals surface area contributed by atoms with Gasteiger partial charge >= 0.3 is 5.97 Å². The van der Waals surface area contributed by atoms with E-state index >= 15 is 0 Å². The molecule has 0 aliphatic heterocycles. The van der Waals surface area contributed by atoms with Gasteiger partial charge in [0, 0.05) is 5.56 Å². The van der Waals surface area contributed by atoms with E-state index in [0.717, 1.165) is 12.8 Å². The van der Waals surface area contributed by atoms with Gasteiger partial charge in [-0.2, -0.15) is 0 Å². The lowest BCUT2D eigenvalue weighted by Crippen LogP contribution is -2.39. The van der Waals surface area contributed by atoms with E-state index in [1.807, 2.05) is 0 Å². The molecule has 0 aromatic heterocycles. The number of carbonyl (C=O) groups excluding carboxylic acids is 2. The van der Waals surface area contributed by atoms with E-state index in [-0.39, 0.29) is 5.91 Å². The predicted octanol–water partition coefficient (Wildman–Crippen LogP) is 6.06. The molecule has 1 amide bonds. The molecule has 0 aliphatic rings. The van der Waals surface area contributed by atoms with Crippen LogP contribution in [-0.2, 0) is 9.53 Å². The highest BCUT2D eigenvalue weighted by atomic mass is 16.5. The van der Waals surface area contributed by atoms with Gasteiger partial charge in [0.1, 0.15) is 11.8 Å². The molecule has 5 heteroatoms.